The zero-order valence-corrected chi connectivity index (χ0v) is 15.8. The molecule has 3 aromatic rings. The first-order chi connectivity index (χ1) is 11.6. The van der Waals surface area contributed by atoms with Crippen LogP contribution in [0.25, 0.3) is 21.3 Å². The van der Waals surface area contributed by atoms with Crippen LogP contribution in [0.2, 0.25) is 0 Å². The average molecular weight is 420 g/mol. The average Bonchev–Trinajstić information content (AvgIpc) is 2.99. The van der Waals surface area contributed by atoms with E-state index in [1.807, 2.05) is 24.4 Å². The van der Waals surface area contributed by atoms with Gasteiger partial charge in [-0.3, -0.25) is 9.78 Å². The Balaban J connectivity index is 1.64. The van der Waals surface area contributed by atoms with Crippen LogP contribution >= 0.6 is 39.0 Å². The van der Waals surface area contributed by atoms with Crippen LogP contribution in [0, 0.1) is 5.92 Å². The van der Waals surface area contributed by atoms with Crippen LogP contribution in [-0.2, 0) is 4.79 Å². The van der Waals surface area contributed by atoms with E-state index in [9.17, 15) is 9.90 Å². The number of thiophene rings is 1. The number of carboxylic acid groups (broad SMARTS) is 1. The van der Waals surface area contributed by atoms with Gasteiger partial charge in [0.25, 0.3) is 0 Å². The molecular formula is C18H14BrNO2S2. The molecule has 2 unspecified atom stereocenters. The number of hydrogen-bond donors (Lipinski definition) is 1. The fourth-order valence-electron chi connectivity index (χ4n) is 2.90. The van der Waals surface area contributed by atoms with Gasteiger partial charge in [-0.1, -0.05) is 15.9 Å². The van der Waals surface area contributed by atoms with E-state index in [4.69, 9.17) is 0 Å². The summed E-state index contributed by atoms with van der Waals surface area (Å²) in [5, 5.41) is 10.5. The lowest BCUT2D eigenvalue weighted by molar-refractivity contribution is -0.144. The van der Waals surface area contributed by atoms with Gasteiger partial charge in [-0.2, -0.15) is 0 Å². The fraction of sp³-hybridized carbons (Fsp3) is 0.222. The normalized spacial score (nSPS) is 20.0. The third-order valence-electron chi connectivity index (χ3n) is 4.35. The lowest BCUT2D eigenvalue weighted by Gasteiger charge is -2.32. The number of fused-ring (bicyclic) bond motifs is 1. The second kappa shape index (κ2) is 6.50. The molecule has 1 aliphatic rings. The third kappa shape index (κ3) is 2.98. The van der Waals surface area contributed by atoms with Crippen molar-refractivity contribution in [2.75, 3.05) is 0 Å². The summed E-state index contributed by atoms with van der Waals surface area (Å²) in [5.41, 5.74) is 2.14. The number of hydrogen-bond acceptors (Lipinski definition) is 4. The van der Waals surface area contributed by atoms with Crippen LogP contribution in [-0.4, -0.2) is 21.3 Å². The number of aromatic nitrogens is 1. The van der Waals surface area contributed by atoms with Crippen molar-refractivity contribution in [2.45, 2.75) is 22.3 Å². The van der Waals surface area contributed by atoms with Crippen LogP contribution in [0.5, 0.6) is 0 Å². The molecule has 0 saturated heterocycles. The number of rotatable bonds is 4. The van der Waals surface area contributed by atoms with Gasteiger partial charge in [-0.15, -0.1) is 23.1 Å². The van der Waals surface area contributed by atoms with Crippen LogP contribution in [0.4, 0.5) is 0 Å². The molecule has 0 amide bonds. The van der Waals surface area contributed by atoms with Crippen molar-refractivity contribution in [1.29, 1.82) is 0 Å². The quantitative estimate of drug-likeness (QED) is 0.590. The first-order valence-electron chi connectivity index (χ1n) is 7.66. The van der Waals surface area contributed by atoms with Gasteiger partial charge in [-0.05, 0) is 49.2 Å². The van der Waals surface area contributed by atoms with Crippen molar-refractivity contribution in [3.63, 3.8) is 0 Å². The van der Waals surface area contributed by atoms with Gasteiger partial charge in [-0.25, -0.2) is 0 Å². The highest BCUT2D eigenvalue weighted by molar-refractivity contribution is 9.10. The van der Waals surface area contributed by atoms with Crippen LogP contribution in [0.1, 0.15) is 12.8 Å². The van der Waals surface area contributed by atoms with E-state index in [-0.39, 0.29) is 11.2 Å². The van der Waals surface area contributed by atoms with E-state index in [1.165, 1.54) is 14.6 Å². The fourth-order valence-corrected chi connectivity index (χ4v) is 5.99. The number of thioether (sulfide) groups is 1. The number of benzene rings is 1. The van der Waals surface area contributed by atoms with Gasteiger partial charge in [0.2, 0.25) is 0 Å². The molecule has 1 aromatic carbocycles. The number of nitrogens with zero attached hydrogens (tertiary/aromatic N) is 1. The van der Waals surface area contributed by atoms with E-state index >= 15 is 0 Å². The highest BCUT2D eigenvalue weighted by Crippen LogP contribution is 2.45. The molecule has 1 aliphatic carbocycles. The standard InChI is InChI=1S/C18H14BrNO2S2/c19-10-1-3-14-13(9-10)11(7-8-20-14)15-5-6-17(23-15)24-16-4-2-12(16)18(21)22/h1,3,5-9,12,16H,2,4H2,(H,21,22). The second-order valence-electron chi connectivity index (χ2n) is 5.82. The van der Waals surface area contributed by atoms with Crippen molar-refractivity contribution in [3.05, 3.63) is 47.1 Å². The molecule has 0 aliphatic heterocycles. The highest BCUT2D eigenvalue weighted by atomic mass is 79.9. The summed E-state index contributed by atoms with van der Waals surface area (Å²) in [4.78, 5) is 16.8. The molecule has 3 nitrogen and oxygen atoms in total. The van der Waals surface area contributed by atoms with Gasteiger partial charge >= 0.3 is 5.97 Å². The molecule has 2 aromatic heterocycles. The topological polar surface area (TPSA) is 50.2 Å². The summed E-state index contributed by atoms with van der Waals surface area (Å²) in [6.07, 6.45) is 3.62. The maximum atomic E-state index is 11.2. The Kier molecular flexibility index (Phi) is 4.37. The van der Waals surface area contributed by atoms with Crippen molar-refractivity contribution >= 4 is 55.9 Å². The maximum absolute atomic E-state index is 11.2. The zero-order chi connectivity index (χ0) is 16.7. The molecule has 6 heteroatoms. The minimum atomic E-state index is -0.666. The summed E-state index contributed by atoms with van der Waals surface area (Å²) < 4.78 is 2.22. The smallest absolute Gasteiger partial charge is 0.307 e. The van der Waals surface area contributed by atoms with E-state index in [1.54, 1.807) is 23.1 Å². The number of carboxylic acids is 1. The molecule has 0 bridgehead atoms. The molecular weight excluding hydrogens is 406 g/mol. The van der Waals surface area contributed by atoms with Crippen LogP contribution < -0.4 is 0 Å². The second-order valence-corrected chi connectivity index (χ2v) is 9.36. The van der Waals surface area contributed by atoms with Gasteiger partial charge in [0.05, 0.1) is 15.6 Å². The molecule has 1 saturated carbocycles. The van der Waals surface area contributed by atoms with E-state index in [0.717, 1.165) is 28.2 Å². The number of carbonyl (C=O) groups is 1. The maximum Gasteiger partial charge on any atom is 0.307 e. The first kappa shape index (κ1) is 16.1. The lowest BCUT2D eigenvalue weighted by Crippen LogP contribution is -2.34. The van der Waals surface area contributed by atoms with E-state index in [0.29, 0.717) is 0 Å². The van der Waals surface area contributed by atoms with E-state index in [2.05, 4.69) is 39.1 Å². The third-order valence-corrected chi connectivity index (χ3v) is 7.53. The van der Waals surface area contributed by atoms with Crippen molar-refractivity contribution in [2.24, 2.45) is 5.92 Å². The first-order valence-corrected chi connectivity index (χ1v) is 10.1. The van der Waals surface area contributed by atoms with Gasteiger partial charge in [0, 0.05) is 31.7 Å². The summed E-state index contributed by atoms with van der Waals surface area (Å²) in [7, 11) is 0. The Morgan fingerprint density at radius 1 is 1.25 bits per heavy atom. The number of pyridine rings is 1. The monoisotopic (exact) mass is 419 g/mol. The SMILES string of the molecule is O=C(O)C1CCC1Sc1ccc(-c2ccnc3ccc(Br)cc23)s1. The van der Waals surface area contributed by atoms with Crippen LogP contribution in [0.3, 0.4) is 0 Å². The molecule has 0 spiro atoms. The van der Waals surface area contributed by atoms with E-state index < -0.39 is 5.97 Å². The summed E-state index contributed by atoms with van der Waals surface area (Å²) in [6, 6.07) is 12.4. The molecule has 1 fully saturated rings. The summed E-state index contributed by atoms with van der Waals surface area (Å²) >= 11 is 6.96. The molecule has 2 atom stereocenters. The van der Waals surface area contributed by atoms with Crippen molar-refractivity contribution in [1.82, 2.24) is 4.98 Å². The Morgan fingerprint density at radius 2 is 2.12 bits per heavy atom. The number of aliphatic carboxylic acids is 1. The largest absolute Gasteiger partial charge is 0.481 e. The van der Waals surface area contributed by atoms with Crippen LogP contribution in [0.15, 0.2) is 51.3 Å². The highest BCUT2D eigenvalue weighted by Gasteiger charge is 2.37. The molecule has 2 heterocycles. The number of halogens is 1. The Labute approximate surface area is 156 Å². The van der Waals surface area contributed by atoms with Gasteiger partial charge in [0.1, 0.15) is 0 Å². The predicted octanol–water partition coefficient (Wildman–Crippen LogP) is 5.68. The predicted molar refractivity (Wildman–Crippen MR) is 103 cm³/mol. The minimum Gasteiger partial charge on any atom is -0.481 e. The molecule has 1 N–H and O–H groups in total. The lowest BCUT2D eigenvalue weighted by atomic mass is 9.85. The molecule has 122 valence electrons. The molecule has 24 heavy (non-hydrogen) atoms. The Morgan fingerprint density at radius 3 is 2.88 bits per heavy atom. The van der Waals surface area contributed by atoms with Gasteiger partial charge in [0.15, 0.2) is 0 Å². The molecule has 0 radical (unpaired) electrons. The van der Waals surface area contributed by atoms with Crippen molar-refractivity contribution < 1.29 is 9.90 Å². The summed E-state index contributed by atoms with van der Waals surface area (Å²) in [5.74, 6) is -0.862. The zero-order valence-electron chi connectivity index (χ0n) is 12.6. The minimum absolute atomic E-state index is 0.196. The van der Waals surface area contributed by atoms with Crippen molar-refractivity contribution in [3.8, 4) is 10.4 Å². The molecule has 4 rings (SSSR count). The Bertz CT molecular complexity index is 924. The summed E-state index contributed by atoms with van der Waals surface area (Å²) in [6.45, 7) is 0. The Hall–Kier alpha value is -1.37. The van der Waals surface area contributed by atoms with Gasteiger partial charge < -0.3 is 5.11 Å².